The summed E-state index contributed by atoms with van der Waals surface area (Å²) in [6.07, 6.45) is 4.49. The molecule has 3 heterocycles. The maximum absolute atomic E-state index is 12.5. The second-order valence-corrected chi connectivity index (χ2v) is 6.76. The second-order valence-electron chi connectivity index (χ2n) is 6.23. The molecule has 0 N–H and O–H groups in total. The standard InChI is InChI=1S/C15H14N6OS/c22-15(10-3-4-12-13(5-10)18-23-17-12)20-6-11(7-20)21-8-14(16-19-21)9-1-2-9/h3-5,8-9,11H,1-2,6-7H2. The monoisotopic (exact) mass is 326 g/mol. The van der Waals surface area contributed by atoms with Gasteiger partial charge in [-0.3, -0.25) is 4.79 Å². The molecule has 0 bridgehead atoms. The van der Waals surface area contributed by atoms with Crippen LogP contribution in [0, 0.1) is 0 Å². The van der Waals surface area contributed by atoms with Crippen molar-refractivity contribution in [1.82, 2.24) is 28.6 Å². The first-order chi connectivity index (χ1) is 11.3. The van der Waals surface area contributed by atoms with Crippen molar-refractivity contribution >= 4 is 28.7 Å². The fourth-order valence-corrected chi connectivity index (χ4v) is 3.44. The highest BCUT2D eigenvalue weighted by molar-refractivity contribution is 7.00. The van der Waals surface area contributed by atoms with Gasteiger partial charge in [0.1, 0.15) is 11.0 Å². The van der Waals surface area contributed by atoms with E-state index in [0.29, 0.717) is 24.6 Å². The number of benzene rings is 1. The minimum atomic E-state index is 0.0404. The smallest absolute Gasteiger partial charge is 0.254 e. The Morgan fingerprint density at radius 2 is 2.00 bits per heavy atom. The van der Waals surface area contributed by atoms with Gasteiger partial charge in [-0.05, 0) is 31.0 Å². The van der Waals surface area contributed by atoms with Crippen LogP contribution in [0.25, 0.3) is 11.0 Å². The van der Waals surface area contributed by atoms with Crippen molar-refractivity contribution in [3.63, 3.8) is 0 Å². The Kier molecular flexibility index (Phi) is 2.75. The molecule has 1 saturated carbocycles. The Morgan fingerprint density at radius 1 is 1.17 bits per heavy atom. The zero-order valence-corrected chi connectivity index (χ0v) is 13.1. The van der Waals surface area contributed by atoms with Crippen LogP contribution in [0.3, 0.4) is 0 Å². The van der Waals surface area contributed by atoms with Crippen molar-refractivity contribution in [2.24, 2.45) is 0 Å². The molecule has 0 unspecified atom stereocenters. The Bertz CT molecular complexity index is 892. The summed E-state index contributed by atoms with van der Waals surface area (Å²) in [7, 11) is 0. The molecule has 116 valence electrons. The predicted molar refractivity (Wildman–Crippen MR) is 84.4 cm³/mol. The fraction of sp³-hybridized carbons (Fsp3) is 0.400. The lowest BCUT2D eigenvalue weighted by molar-refractivity contribution is 0.0498. The average molecular weight is 326 g/mol. The highest BCUT2D eigenvalue weighted by Gasteiger charge is 2.34. The third kappa shape index (κ3) is 2.21. The largest absolute Gasteiger partial charge is 0.334 e. The van der Waals surface area contributed by atoms with Crippen molar-refractivity contribution in [3.05, 3.63) is 35.7 Å². The van der Waals surface area contributed by atoms with Gasteiger partial charge in [-0.15, -0.1) is 5.10 Å². The quantitative estimate of drug-likeness (QED) is 0.734. The molecule has 1 amide bonds. The van der Waals surface area contributed by atoms with Gasteiger partial charge < -0.3 is 4.90 Å². The van der Waals surface area contributed by atoms with Crippen LogP contribution >= 0.6 is 11.7 Å². The molecular weight excluding hydrogens is 312 g/mol. The van der Waals surface area contributed by atoms with Crippen LogP contribution in [0.1, 0.15) is 40.9 Å². The first-order valence-electron chi connectivity index (χ1n) is 7.71. The maximum atomic E-state index is 12.5. The molecule has 3 aromatic rings. The van der Waals surface area contributed by atoms with E-state index in [1.165, 1.54) is 24.6 Å². The number of aromatic nitrogens is 5. The van der Waals surface area contributed by atoms with Crippen LogP contribution in [0.4, 0.5) is 0 Å². The Hall–Kier alpha value is -2.35. The van der Waals surface area contributed by atoms with Crippen LogP contribution in [-0.4, -0.2) is 47.6 Å². The van der Waals surface area contributed by atoms with Gasteiger partial charge in [0, 0.05) is 30.8 Å². The summed E-state index contributed by atoms with van der Waals surface area (Å²) in [6, 6.07) is 5.72. The molecule has 1 aliphatic heterocycles. The van der Waals surface area contributed by atoms with E-state index in [-0.39, 0.29) is 11.9 Å². The summed E-state index contributed by atoms with van der Waals surface area (Å²) in [5.74, 6) is 0.652. The molecule has 2 aromatic heterocycles. The van der Waals surface area contributed by atoms with Crippen molar-refractivity contribution in [2.75, 3.05) is 13.1 Å². The van der Waals surface area contributed by atoms with E-state index in [4.69, 9.17) is 0 Å². The molecule has 1 aliphatic carbocycles. The normalized spacial score (nSPS) is 18.3. The molecule has 0 atom stereocenters. The lowest BCUT2D eigenvalue weighted by atomic mass is 10.1. The van der Waals surface area contributed by atoms with Gasteiger partial charge in [-0.2, -0.15) is 8.75 Å². The minimum Gasteiger partial charge on any atom is -0.334 e. The van der Waals surface area contributed by atoms with Gasteiger partial charge in [-0.25, -0.2) is 4.68 Å². The van der Waals surface area contributed by atoms with E-state index < -0.39 is 0 Å². The van der Waals surface area contributed by atoms with Gasteiger partial charge in [0.15, 0.2) is 0 Å². The van der Waals surface area contributed by atoms with E-state index in [0.717, 1.165) is 16.7 Å². The summed E-state index contributed by atoms with van der Waals surface area (Å²) in [5.41, 5.74) is 3.38. The average Bonchev–Trinajstić information content (AvgIpc) is 3.08. The highest BCUT2D eigenvalue weighted by atomic mass is 32.1. The lowest BCUT2D eigenvalue weighted by Crippen LogP contribution is -2.50. The van der Waals surface area contributed by atoms with E-state index in [2.05, 4.69) is 19.1 Å². The number of amides is 1. The van der Waals surface area contributed by atoms with Crippen molar-refractivity contribution in [2.45, 2.75) is 24.8 Å². The van der Waals surface area contributed by atoms with Gasteiger partial charge >= 0.3 is 0 Å². The minimum absolute atomic E-state index is 0.0404. The SMILES string of the molecule is O=C(c1ccc2nsnc2c1)N1CC(n2cc(C3CC3)nn2)C1. The van der Waals surface area contributed by atoms with E-state index in [1.807, 2.05) is 34.0 Å². The molecule has 23 heavy (non-hydrogen) atoms. The van der Waals surface area contributed by atoms with Gasteiger partial charge in [0.05, 0.1) is 23.5 Å². The molecular formula is C15H14N6OS. The molecule has 7 nitrogen and oxygen atoms in total. The predicted octanol–water partition coefficient (Wildman–Crippen LogP) is 1.86. The first kappa shape index (κ1) is 13.1. The van der Waals surface area contributed by atoms with Crippen LogP contribution in [0.2, 0.25) is 0 Å². The topological polar surface area (TPSA) is 76.8 Å². The van der Waals surface area contributed by atoms with E-state index in [1.54, 1.807) is 0 Å². The Balaban J connectivity index is 1.28. The highest BCUT2D eigenvalue weighted by Crippen LogP contribution is 2.39. The van der Waals surface area contributed by atoms with Crippen LogP contribution in [0.5, 0.6) is 0 Å². The number of rotatable bonds is 3. The molecule has 2 fully saturated rings. The number of likely N-dealkylation sites (tertiary alicyclic amines) is 1. The third-order valence-corrected chi connectivity index (χ3v) is 5.10. The van der Waals surface area contributed by atoms with Crippen molar-refractivity contribution in [1.29, 1.82) is 0 Å². The number of carbonyl (C=O) groups is 1. The summed E-state index contributed by atoms with van der Waals surface area (Å²) in [6.45, 7) is 1.36. The molecule has 2 aliphatic rings. The summed E-state index contributed by atoms with van der Waals surface area (Å²) >= 11 is 1.17. The van der Waals surface area contributed by atoms with Crippen LogP contribution in [0.15, 0.2) is 24.4 Å². The Labute approximate surface area is 136 Å². The van der Waals surface area contributed by atoms with Gasteiger partial charge in [0.25, 0.3) is 5.91 Å². The zero-order chi connectivity index (χ0) is 15.4. The summed E-state index contributed by atoms with van der Waals surface area (Å²) in [5, 5.41) is 8.44. The number of hydrogen-bond acceptors (Lipinski definition) is 6. The molecule has 5 rings (SSSR count). The molecule has 8 heteroatoms. The fourth-order valence-electron chi connectivity index (χ4n) is 2.92. The zero-order valence-electron chi connectivity index (χ0n) is 12.3. The molecule has 0 radical (unpaired) electrons. The first-order valence-corrected chi connectivity index (χ1v) is 8.44. The molecule has 0 spiro atoms. The Morgan fingerprint density at radius 3 is 2.83 bits per heavy atom. The lowest BCUT2D eigenvalue weighted by Gasteiger charge is -2.38. The number of carbonyl (C=O) groups excluding carboxylic acids is 1. The van der Waals surface area contributed by atoms with E-state index in [9.17, 15) is 4.79 Å². The van der Waals surface area contributed by atoms with Gasteiger partial charge in [-0.1, -0.05) is 5.21 Å². The third-order valence-electron chi connectivity index (χ3n) is 4.55. The number of nitrogens with zero attached hydrogens (tertiary/aromatic N) is 6. The van der Waals surface area contributed by atoms with E-state index >= 15 is 0 Å². The number of hydrogen-bond donors (Lipinski definition) is 0. The van der Waals surface area contributed by atoms with Crippen molar-refractivity contribution < 1.29 is 4.79 Å². The van der Waals surface area contributed by atoms with Crippen molar-refractivity contribution in [3.8, 4) is 0 Å². The molecule has 1 saturated heterocycles. The van der Waals surface area contributed by atoms with Crippen LogP contribution < -0.4 is 0 Å². The summed E-state index contributed by atoms with van der Waals surface area (Å²) < 4.78 is 10.3. The maximum Gasteiger partial charge on any atom is 0.254 e. The summed E-state index contributed by atoms with van der Waals surface area (Å²) in [4.78, 5) is 14.4. The van der Waals surface area contributed by atoms with Crippen LogP contribution in [-0.2, 0) is 0 Å². The van der Waals surface area contributed by atoms with Gasteiger partial charge in [0.2, 0.25) is 0 Å². The second kappa shape index (κ2) is 4.82. The number of fused-ring (bicyclic) bond motifs is 1. The molecule has 1 aromatic carbocycles.